The molecule has 0 bridgehead atoms. The highest BCUT2D eigenvalue weighted by atomic mass is 16.5. The van der Waals surface area contributed by atoms with Crippen molar-refractivity contribution in [3.05, 3.63) is 59.2 Å². The van der Waals surface area contributed by atoms with Gasteiger partial charge in [0.15, 0.2) is 11.5 Å². The second-order valence-electron chi connectivity index (χ2n) is 5.09. The highest BCUT2D eigenvalue weighted by Gasteiger charge is 2.05. The molecule has 126 valence electrons. The summed E-state index contributed by atoms with van der Waals surface area (Å²) in [5.74, 6) is 1.06. The van der Waals surface area contributed by atoms with E-state index in [1.807, 2.05) is 31.2 Å². The van der Waals surface area contributed by atoms with Crippen molar-refractivity contribution < 1.29 is 14.3 Å². The summed E-state index contributed by atoms with van der Waals surface area (Å²) in [6.07, 6.45) is 2.51. The summed E-state index contributed by atoms with van der Waals surface area (Å²) in [6.45, 7) is 4.55. The molecule has 1 amide bonds. The Morgan fingerprint density at radius 3 is 2.50 bits per heavy atom. The van der Waals surface area contributed by atoms with E-state index in [9.17, 15) is 4.79 Å². The minimum absolute atomic E-state index is 0.244. The van der Waals surface area contributed by atoms with Crippen molar-refractivity contribution in [2.75, 3.05) is 13.7 Å². The first kappa shape index (κ1) is 17.5. The Balaban J connectivity index is 2.01. The third kappa shape index (κ3) is 4.59. The topological polar surface area (TPSA) is 59.9 Å². The Labute approximate surface area is 142 Å². The monoisotopic (exact) mass is 326 g/mol. The number of aryl methyl sites for hydroxylation is 1. The molecule has 0 heterocycles. The van der Waals surface area contributed by atoms with Gasteiger partial charge in [-0.1, -0.05) is 19.1 Å². The fraction of sp³-hybridized carbons (Fsp3) is 0.263. The smallest absolute Gasteiger partial charge is 0.271 e. The fourth-order valence-corrected chi connectivity index (χ4v) is 2.16. The summed E-state index contributed by atoms with van der Waals surface area (Å²) in [5, 5.41) is 3.99. The Morgan fingerprint density at radius 2 is 1.88 bits per heavy atom. The van der Waals surface area contributed by atoms with E-state index in [2.05, 4.69) is 17.5 Å². The SMILES string of the molecule is CCOc1ccc(/C=N\NC(=O)c2ccc(CC)cc2)cc1OC. The summed E-state index contributed by atoms with van der Waals surface area (Å²) < 4.78 is 10.7. The maximum absolute atomic E-state index is 12.0. The summed E-state index contributed by atoms with van der Waals surface area (Å²) >= 11 is 0. The highest BCUT2D eigenvalue weighted by Crippen LogP contribution is 2.27. The van der Waals surface area contributed by atoms with Crippen molar-refractivity contribution >= 4 is 12.1 Å². The molecular weight excluding hydrogens is 304 g/mol. The molecule has 1 N–H and O–H groups in total. The summed E-state index contributed by atoms with van der Waals surface area (Å²) in [6, 6.07) is 12.9. The maximum Gasteiger partial charge on any atom is 0.271 e. The van der Waals surface area contributed by atoms with Gasteiger partial charge in [0, 0.05) is 5.56 Å². The number of hydrazone groups is 1. The van der Waals surface area contributed by atoms with E-state index < -0.39 is 0 Å². The molecule has 0 saturated carbocycles. The van der Waals surface area contributed by atoms with Crippen molar-refractivity contribution in [3.63, 3.8) is 0 Å². The van der Waals surface area contributed by atoms with Gasteiger partial charge >= 0.3 is 0 Å². The molecule has 0 spiro atoms. The van der Waals surface area contributed by atoms with Crippen LogP contribution in [0.1, 0.15) is 35.3 Å². The summed E-state index contributed by atoms with van der Waals surface area (Å²) in [7, 11) is 1.58. The molecule has 0 fully saturated rings. The van der Waals surface area contributed by atoms with E-state index in [1.54, 1.807) is 31.5 Å². The molecule has 0 atom stereocenters. The van der Waals surface area contributed by atoms with Crippen LogP contribution in [-0.4, -0.2) is 25.8 Å². The highest BCUT2D eigenvalue weighted by molar-refractivity contribution is 5.94. The molecule has 5 heteroatoms. The Morgan fingerprint density at radius 1 is 1.12 bits per heavy atom. The Hall–Kier alpha value is -2.82. The molecule has 0 unspecified atom stereocenters. The Bertz CT molecular complexity index is 709. The summed E-state index contributed by atoms with van der Waals surface area (Å²) in [5.41, 5.74) is 5.09. The van der Waals surface area contributed by atoms with Crippen LogP contribution in [0.2, 0.25) is 0 Å². The number of carbonyl (C=O) groups excluding carboxylic acids is 1. The molecule has 2 aromatic carbocycles. The zero-order valence-corrected chi connectivity index (χ0v) is 14.2. The number of benzene rings is 2. The first-order chi connectivity index (χ1) is 11.7. The third-order valence-corrected chi connectivity index (χ3v) is 3.49. The minimum atomic E-state index is -0.244. The zero-order valence-electron chi connectivity index (χ0n) is 14.2. The number of nitrogens with one attached hydrogen (secondary N) is 1. The normalized spacial score (nSPS) is 10.6. The van der Waals surface area contributed by atoms with Gasteiger partial charge in [0.25, 0.3) is 5.91 Å². The summed E-state index contributed by atoms with van der Waals surface area (Å²) in [4.78, 5) is 12.0. The van der Waals surface area contributed by atoms with Crippen LogP contribution in [-0.2, 0) is 6.42 Å². The molecule has 2 aromatic rings. The largest absolute Gasteiger partial charge is 0.493 e. The second-order valence-corrected chi connectivity index (χ2v) is 5.09. The van der Waals surface area contributed by atoms with Crippen LogP contribution < -0.4 is 14.9 Å². The Kier molecular flexibility index (Phi) is 6.37. The van der Waals surface area contributed by atoms with Crippen molar-refractivity contribution in [2.45, 2.75) is 20.3 Å². The lowest BCUT2D eigenvalue weighted by Crippen LogP contribution is -2.17. The fourth-order valence-electron chi connectivity index (χ4n) is 2.16. The van der Waals surface area contributed by atoms with Gasteiger partial charge in [0.2, 0.25) is 0 Å². The lowest BCUT2D eigenvalue weighted by atomic mass is 10.1. The molecule has 0 saturated heterocycles. The average Bonchev–Trinajstić information content (AvgIpc) is 2.63. The predicted molar refractivity (Wildman–Crippen MR) is 95.0 cm³/mol. The second kappa shape index (κ2) is 8.72. The molecule has 0 aromatic heterocycles. The number of ether oxygens (including phenoxy) is 2. The van der Waals surface area contributed by atoms with Crippen molar-refractivity contribution in [3.8, 4) is 11.5 Å². The van der Waals surface area contributed by atoms with Crippen LogP contribution in [0.25, 0.3) is 0 Å². The molecule has 2 rings (SSSR count). The third-order valence-electron chi connectivity index (χ3n) is 3.49. The number of hydrogen-bond acceptors (Lipinski definition) is 4. The lowest BCUT2D eigenvalue weighted by molar-refractivity contribution is 0.0955. The molecule has 0 aliphatic rings. The average molecular weight is 326 g/mol. The van der Waals surface area contributed by atoms with Crippen LogP contribution in [0.4, 0.5) is 0 Å². The predicted octanol–water partition coefficient (Wildman–Crippen LogP) is 3.42. The first-order valence-electron chi connectivity index (χ1n) is 7.91. The lowest BCUT2D eigenvalue weighted by Gasteiger charge is -2.09. The van der Waals surface area contributed by atoms with E-state index in [0.29, 0.717) is 23.7 Å². The standard InChI is InChI=1S/C19H22N2O3/c1-4-14-6-9-16(10-7-14)19(22)21-20-13-15-8-11-17(24-5-2)18(12-15)23-3/h6-13H,4-5H2,1-3H3,(H,21,22)/b20-13-. The number of carbonyl (C=O) groups is 1. The zero-order chi connectivity index (χ0) is 17.4. The maximum atomic E-state index is 12.0. The van der Waals surface area contributed by atoms with Gasteiger partial charge < -0.3 is 9.47 Å². The molecule has 5 nitrogen and oxygen atoms in total. The number of methoxy groups -OCH3 is 1. The van der Waals surface area contributed by atoms with Gasteiger partial charge in [-0.15, -0.1) is 0 Å². The van der Waals surface area contributed by atoms with Crippen LogP contribution >= 0.6 is 0 Å². The molecule has 0 aliphatic carbocycles. The van der Waals surface area contributed by atoms with Crippen molar-refractivity contribution in [1.82, 2.24) is 5.43 Å². The van der Waals surface area contributed by atoms with E-state index in [0.717, 1.165) is 12.0 Å². The van der Waals surface area contributed by atoms with Gasteiger partial charge in [-0.25, -0.2) is 5.43 Å². The van der Waals surface area contributed by atoms with Gasteiger partial charge in [-0.05, 0) is 54.8 Å². The van der Waals surface area contributed by atoms with E-state index in [4.69, 9.17) is 9.47 Å². The van der Waals surface area contributed by atoms with Gasteiger partial charge in [0.05, 0.1) is 19.9 Å². The van der Waals surface area contributed by atoms with Gasteiger partial charge in [-0.2, -0.15) is 5.10 Å². The quantitative estimate of drug-likeness (QED) is 0.626. The van der Waals surface area contributed by atoms with Crippen molar-refractivity contribution in [2.24, 2.45) is 5.10 Å². The minimum Gasteiger partial charge on any atom is -0.493 e. The van der Waals surface area contributed by atoms with Crippen LogP contribution in [0.15, 0.2) is 47.6 Å². The van der Waals surface area contributed by atoms with Crippen LogP contribution in [0, 0.1) is 0 Å². The van der Waals surface area contributed by atoms with Gasteiger partial charge in [-0.3, -0.25) is 4.79 Å². The number of hydrogen-bond donors (Lipinski definition) is 1. The van der Waals surface area contributed by atoms with E-state index in [-0.39, 0.29) is 5.91 Å². The number of rotatable bonds is 7. The van der Waals surface area contributed by atoms with E-state index in [1.165, 1.54) is 5.56 Å². The molecule has 24 heavy (non-hydrogen) atoms. The molecular formula is C19H22N2O3. The number of amides is 1. The van der Waals surface area contributed by atoms with Crippen molar-refractivity contribution in [1.29, 1.82) is 0 Å². The molecule has 0 aliphatic heterocycles. The van der Waals surface area contributed by atoms with Crippen LogP contribution in [0.5, 0.6) is 11.5 Å². The molecule has 0 radical (unpaired) electrons. The first-order valence-corrected chi connectivity index (χ1v) is 7.91. The van der Waals surface area contributed by atoms with Crippen LogP contribution in [0.3, 0.4) is 0 Å². The van der Waals surface area contributed by atoms with E-state index >= 15 is 0 Å². The van der Waals surface area contributed by atoms with Gasteiger partial charge in [0.1, 0.15) is 0 Å². The number of nitrogens with zero attached hydrogens (tertiary/aromatic N) is 1.